The minimum atomic E-state index is -0.270. The van der Waals surface area contributed by atoms with Crippen molar-refractivity contribution in [3.05, 3.63) is 0 Å². The van der Waals surface area contributed by atoms with Crippen molar-refractivity contribution in [2.45, 2.75) is 31.7 Å². The quantitative estimate of drug-likeness (QED) is 0.583. The molecule has 0 heterocycles. The molecule has 1 aliphatic carbocycles. The van der Waals surface area contributed by atoms with Gasteiger partial charge in [-0.15, -0.1) is 0 Å². The minimum absolute atomic E-state index is 0.203. The predicted octanol–water partition coefficient (Wildman–Crippen LogP) is 0.00390. The van der Waals surface area contributed by atoms with Gasteiger partial charge in [-0.05, 0) is 26.2 Å². The van der Waals surface area contributed by atoms with Gasteiger partial charge in [-0.1, -0.05) is 0 Å². The van der Waals surface area contributed by atoms with Gasteiger partial charge in [0, 0.05) is 5.54 Å². The Balaban J connectivity index is 2.18. The molecular formula is C7H14N2O. The Morgan fingerprint density at radius 1 is 1.70 bits per heavy atom. The molecule has 1 aliphatic rings. The monoisotopic (exact) mass is 142 g/mol. The third-order valence-corrected chi connectivity index (χ3v) is 2.15. The van der Waals surface area contributed by atoms with Crippen LogP contribution >= 0.6 is 0 Å². The molecule has 3 nitrogen and oxygen atoms in total. The number of hydrogen-bond donors (Lipinski definition) is 2. The molecular weight excluding hydrogens is 128 g/mol. The fourth-order valence-corrected chi connectivity index (χ4v) is 1.18. The van der Waals surface area contributed by atoms with Gasteiger partial charge in [0.25, 0.3) is 0 Å². The molecule has 1 amide bonds. The van der Waals surface area contributed by atoms with Gasteiger partial charge in [-0.3, -0.25) is 4.79 Å². The van der Waals surface area contributed by atoms with E-state index in [2.05, 4.69) is 12.2 Å². The molecule has 0 aromatic heterocycles. The standard InChI is InChI=1S/C7H14N2O/c1-7(3-2-4-7)9-5-6(8)10/h9H,2-5H2,1H3,(H2,8,10). The van der Waals surface area contributed by atoms with Crippen LogP contribution < -0.4 is 11.1 Å². The second-order valence-electron chi connectivity index (χ2n) is 3.23. The highest BCUT2D eigenvalue weighted by atomic mass is 16.1. The Morgan fingerprint density at radius 3 is 2.60 bits per heavy atom. The van der Waals surface area contributed by atoms with Gasteiger partial charge in [0.15, 0.2) is 0 Å². The molecule has 3 heteroatoms. The summed E-state index contributed by atoms with van der Waals surface area (Å²) in [5.74, 6) is -0.270. The Morgan fingerprint density at radius 2 is 2.30 bits per heavy atom. The maximum absolute atomic E-state index is 10.3. The van der Waals surface area contributed by atoms with E-state index in [-0.39, 0.29) is 11.4 Å². The third-order valence-electron chi connectivity index (χ3n) is 2.15. The number of amides is 1. The highest BCUT2D eigenvalue weighted by molar-refractivity contribution is 5.76. The second-order valence-corrected chi connectivity index (χ2v) is 3.23. The smallest absolute Gasteiger partial charge is 0.231 e. The molecule has 0 atom stereocenters. The van der Waals surface area contributed by atoms with Crippen molar-refractivity contribution in [2.24, 2.45) is 5.73 Å². The lowest BCUT2D eigenvalue weighted by Gasteiger charge is -2.39. The van der Waals surface area contributed by atoms with Crippen molar-refractivity contribution in [2.75, 3.05) is 6.54 Å². The lowest BCUT2D eigenvalue weighted by molar-refractivity contribution is -0.117. The maximum Gasteiger partial charge on any atom is 0.231 e. The zero-order valence-electron chi connectivity index (χ0n) is 6.31. The molecule has 0 saturated heterocycles. The molecule has 0 bridgehead atoms. The fraction of sp³-hybridized carbons (Fsp3) is 0.857. The van der Waals surface area contributed by atoms with Crippen LogP contribution in [-0.4, -0.2) is 18.0 Å². The van der Waals surface area contributed by atoms with Crippen molar-refractivity contribution in [1.82, 2.24) is 5.32 Å². The van der Waals surface area contributed by atoms with E-state index >= 15 is 0 Å². The summed E-state index contributed by atoms with van der Waals surface area (Å²) in [7, 11) is 0. The second kappa shape index (κ2) is 2.58. The van der Waals surface area contributed by atoms with Gasteiger partial charge in [0.2, 0.25) is 5.91 Å². The average Bonchev–Trinajstić information content (AvgIpc) is 1.79. The van der Waals surface area contributed by atoms with Crippen LogP contribution in [0.5, 0.6) is 0 Å². The molecule has 0 spiro atoms. The summed E-state index contributed by atoms with van der Waals surface area (Å²) in [6.07, 6.45) is 3.60. The van der Waals surface area contributed by atoms with E-state index < -0.39 is 0 Å². The van der Waals surface area contributed by atoms with Crippen LogP contribution in [0.3, 0.4) is 0 Å². The summed E-state index contributed by atoms with van der Waals surface area (Å²) >= 11 is 0. The zero-order chi connectivity index (χ0) is 7.61. The Labute approximate surface area is 61.0 Å². The first-order chi connectivity index (χ1) is 4.62. The molecule has 0 aromatic rings. The SMILES string of the molecule is CC1(NCC(N)=O)CCC1. The van der Waals surface area contributed by atoms with Gasteiger partial charge >= 0.3 is 0 Å². The third kappa shape index (κ3) is 1.70. The lowest BCUT2D eigenvalue weighted by Crippen LogP contribution is -2.50. The number of nitrogens with two attached hydrogens (primary N) is 1. The van der Waals surface area contributed by atoms with Crippen LogP contribution in [0.25, 0.3) is 0 Å². The van der Waals surface area contributed by atoms with Crippen molar-refractivity contribution in [3.63, 3.8) is 0 Å². The van der Waals surface area contributed by atoms with Crippen LogP contribution in [0.1, 0.15) is 26.2 Å². The number of nitrogens with one attached hydrogen (secondary N) is 1. The van der Waals surface area contributed by atoms with E-state index in [0.717, 1.165) is 0 Å². The van der Waals surface area contributed by atoms with Gasteiger partial charge in [0.05, 0.1) is 6.54 Å². The molecule has 0 radical (unpaired) electrons. The summed E-state index contributed by atoms with van der Waals surface area (Å²) in [5, 5.41) is 3.12. The Kier molecular flexibility index (Phi) is 1.94. The van der Waals surface area contributed by atoms with Crippen LogP contribution in [0.2, 0.25) is 0 Å². The zero-order valence-corrected chi connectivity index (χ0v) is 6.31. The first kappa shape index (κ1) is 7.54. The molecule has 58 valence electrons. The molecule has 1 saturated carbocycles. The average molecular weight is 142 g/mol. The maximum atomic E-state index is 10.3. The predicted molar refractivity (Wildman–Crippen MR) is 39.5 cm³/mol. The van der Waals surface area contributed by atoms with E-state index in [4.69, 9.17) is 5.73 Å². The Hall–Kier alpha value is -0.570. The van der Waals surface area contributed by atoms with E-state index in [0.29, 0.717) is 6.54 Å². The molecule has 1 fully saturated rings. The van der Waals surface area contributed by atoms with Gasteiger partial charge in [-0.25, -0.2) is 0 Å². The van der Waals surface area contributed by atoms with E-state index in [9.17, 15) is 4.79 Å². The highest BCUT2D eigenvalue weighted by Gasteiger charge is 2.30. The molecule has 1 rings (SSSR count). The molecule has 10 heavy (non-hydrogen) atoms. The largest absolute Gasteiger partial charge is 0.369 e. The first-order valence-electron chi connectivity index (χ1n) is 3.66. The Bertz CT molecular complexity index is 141. The van der Waals surface area contributed by atoms with Crippen LogP contribution in [0, 0.1) is 0 Å². The molecule has 0 unspecified atom stereocenters. The van der Waals surface area contributed by atoms with Gasteiger partial charge in [-0.2, -0.15) is 0 Å². The topological polar surface area (TPSA) is 55.1 Å². The van der Waals surface area contributed by atoms with Crippen LogP contribution in [-0.2, 0) is 4.79 Å². The lowest BCUT2D eigenvalue weighted by atomic mass is 9.78. The summed E-state index contributed by atoms with van der Waals surface area (Å²) in [6, 6.07) is 0. The number of primary amides is 1. The number of carbonyl (C=O) groups excluding carboxylic acids is 1. The summed E-state index contributed by atoms with van der Waals surface area (Å²) in [4.78, 5) is 10.3. The summed E-state index contributed by atoms with van der Waals surface area (Å²) < 4.78 is 0. The van der Waals surface area contributed by atoms with E-state index in [1.807, 2.05) is 0 Å². The van der Waals surface area contributed by atoms with Gasteiger partial charge in [0.1, 0.15) is 0 Å². The van der Waals surface area contributed by atoms with Gasteiger partial charge < -0.3 is 11.1 Å². The summed E-state index contributed by atoms with van der Waals surface area (Å²) in [5.41, 5.74) is 5.18. The first-order valence-corrected chi connectivity index (χ1v) is 3.66. The molecule has 0 aliphatic heterocycles. The molecule has 0 aromatic carbocycles. The number of hydrogen-bond acceptors (Lipinski definition) is 2. The molecule has 3 N–H and O–H groups in total. The number of carbonyl (C=O) groups is 1. The number of rotatable bonds is 3. The van der Waals surface area contributed by atoms with E-state index in [1.54, 1.807) is 0 Å². The summed E-state index contributed by atoms with van der Waals surface area (Å²) in [6.45, 7) is 2.44. The fourth-order valence-electron chi connectivity index (χ4n) is 1.18. The normalized spacial score (nSPS) is 21.7. The van der Waals surface area contributed by atoms with Crippen LogP contribution in [0.4, 0.5) is 0 Å². The minimum Gasteiger partial charge on any atom is -0.369 e. The van der Waals surface area contributed by atoms with Crippen molar-refractivity contribution in [3.8, 4) is 0 Å². The van der Waals surface area contributed by atoms with Crippen LogP contribution in [0.15, 0.2) is 0 Å². The van der Waals surface area contributed by atoms with Crippen molar-refractivity contribution < 1.29 is 4.79 Å². The van der Waals surface area contributed by atoms with Crippen molar-refractivity contribution >= 4 is 5.91 Å². The van der Waals surface area contributed by atoms with Crippen molar-refractivity contribution in [1.29, 1.82) is 0 Å². The van der Waals surface area contributed by atoms with E-state index in [1.165, 1.54) is 19.3 Å². The highest BCUT2D eigenvalue weighted by Crippen LogP contribution is 2.30.